The van der Waals surface area contributed by atoms with E-state index in [1.165, 1.54) is 18.5 Å². The van der Waals surface area contributed by atoms with Crippen molar-refractivity contribution in [3.05, 3.63) is 28.8 Å². The van der Waals surface area contributed by atoms with Crippen molar-refractivity contribution in [1.82, 2.24) is 9.80 Å². The van der Waals surface area contributed by atoms with Gasteiger partial charge in [0, 0.05) is 30.2 Å². The first-order valence-electron chi connectivity index (χ1n) is 7.36. The molecule has 1 fully saturated rings. The second kappa shape index (κ2) is 7.30. The fraction of sp³-hybridized carbons (Fsp3) is 0.625. The predicted octanol–water partition coefficient (Wildman–Crippen LogP) is 3.12. The van der Waals surface area contributed by atoms with Gasteiger partial charge in [-0.3, -0.25) is 4.90 Å². The smallest absolute Gasteiger partial charge is 0.123 e. The van der Waals surface area contributed by atoms with Gasteiger partial charge in [0.25, 0.3) is 0 Å². The van der Waals surface area contributed by atoms with Crippen molar-refractivity contribution in [3.63, 3.8) is 0 Å². The largest absolute Gasteiger partial charge is 0.494 e. The Morgan fingerprint density at radius 2 is 2.20 bits per heavy atom. The highest BCUT2D eigenvalue weighted by Gasteiger charge is 2.23. The number of nitrogens with zero attached hydrogens (tertiary/aromatic N) is 2. The van der Waals surface area contributed by atoms with Gasteiger partial charge in [0.2, 0.25) is 0 Å². The molecule has 1 aliphatic heterocycles. The molecule has 2 rings (SSSR count). The molecule has 1 atom stereocenters. The number of halogens is 1. The molecule has 1 aromatic rings. The normalized spacial score (nSPS) is 19.8. The van der Waals surface area contributed by atoms with Crippen molar-refractivity contribution in [3.8, 4) is 5.75 Å². The van der Waals surface area contributed by atoms with Crippen LogP contribution in [0.15, 0.2) is 18.2 Å². The van der Waals surface area contributed by atoms with Gasteiger partial charge in [0.1, 0.15) is 5.75 Å². The van der Waals surface area contributed by atoms with Crippen LogP contribution < -0.4 is 4.74 Å². The minimum Gasteiger partial charge on any atom is -0.494 e. The van der Waals surface area contributed by atoms with Crippen LogP contribution in [0.5, 0.6) is 5.75 Å². The van der Waals surface area contributed by atoms with Gasteiger partial charge in [-0.1, -0.05) is 11.6 Å². The first kappa shape index (κ1) is 15.6. The Morgan fingerprint density at radius 3 is 2.90 bits per heavy atom. The van der Waals surface area contributed by atoms with Gasteiger partial charge >= 0.3 is 0 Å². The molecule has 0 spiro atoms. The van der Waals surface area contributed by atoms with E-state index in [2.05, 4.69) is 23.9 Å². The molecule has 112 valence electrons. The lowest BCUT2D eigenvalue weighted by Crippen LogP contribution is -2.25. The van der Waals surface area contributed by atoms with Gasteiger partial charge in [-0.25, -0.2) is 0 Å². The van der Waals surface area contributed by atoms with E-state index in [0.29, 0.717) is 6.61 Å². The summed E-state index contributed by atoms with van der Waals surface area (Å²) in [5, 5.41) is 0.785. The van der Waals surface area contributed by atoms with E-state index in [1.807, 2.05) is 25.1 Å². The quantitative estimate of drug-likeness (QED) is 0.802. The highest BCUT2D eigenvalue weighted by atomic mass is 35.5. The van der Waals surface area contributed by atoms with Gasteiger partial charge in [-0.15, -0.1) is 0 Å². The van der Waals surface area contributed by atoms with Gasteiger partial charge in [-0.05, 0) is 58.1 Å². The van der Waals surface area contributed by atoms with Crippen molar-refractivity contribution < 1.29 is 4.74 Å². The summed E-state index contributed by atoms with van der Waals surface area (Å²) < 4.78 is 5.70. The van der Waals surface area contributed by atoms with Gasteiger partial charge < -0.3 is 9.64 Å². The molecule has 0 aromatic heterocycles. The van der Waals surface area contributed by atoms with Crippen molar-refractivity contribution in [2.45, 2.75) is 19.9 Å². The van der Waals surface area contributed by atoms with E-state index in [0.717, 1.165) is 36.3 Å². The van der Waals surface area contributed by atoms with E-state index < -0.39 is 0 Å². The summed E-state index contributed by atoms with van der Waals surface area (Å²) in [6.07, 6.45) is 1.28. The Kier molecular flexibility index (Phi) is 5.70. The average molecular weight is 297 g/mol. The topological polar surface area (TPSA) is 15.7 Å². The summed E-state index contributed by atoms with van der Waals surface area (Å²) in [5.74, 6) is 1.74. The summed E-state index contributed by atoms with van der Waals surface area (Å²) in [7, 11) is 4.29. The number of ether oxygens (including phenoxy) is 1. The third kappa shape index (κ3) is 4.37. The monoisotopic (exact) mass is 296 g/mol. The average Bonchev–Trinajstić information content (AvgIpc) is 2.79. The number of rotatable bonds is 6. The van der Waals surface area contributed by atoms with E-state index in [-0.39, 0.29) is 0 Å². The zero-order chi connectivity index (χ0) is 14.5. The second-order valence-electron chi connectivity index (χ2n) is 5.84. The van der Waals surface area contributed by atoms with Gasteiger partial charge in [-0.2, -0.15) is 0 Å². The van der Waals surface area contributed by atoms with Crippen molar-refractivity contribution in [2.75, 3.05) is 40.3 Å². The SMILES string of the molecule is CCOc1ccc(Cl)cc1CN1CC[C@@H](CN(C)C)C1. The highest BCUT2D eigenvalue weighted by molar-refractivity contribution is 6.30. The summed E-state index contributed by atoms with van der Waals surface area (Å²) >= 11 is 6.12. The molecule has 0 saturated carbocycles. The molecule has 20 heavy (non-hydrogen) atoms. The lowest BCUT2D eigenvalue weighted by Gasteiger charge is -2.20. The van der Waals surface area contributed by atoms with Crippen LogP contribution >= 0.6 is 11.6 Å². The number of hydrogen-bond donors (Lipinski definition) is 0. The molecule has 1 saturated heterocycles. The maximum Gasteiger partial charge on any atom is 0.123 e. The molecule has 0 radical (unpaired) electrons. The molecular weight excluding hydrogens is 272 g/mol. The number of likely N-dealkylation sites (tertiary alicyclic amines) is 1. The van der Waals surface area contributed by atoms with Crippen LogP contribution in [0.4, 0.5) is 0 Å². The third-order valence-corrected chi connectivity index (χ3v) is 3.94. The van der Waals surface area contributed by atoms with Crippen molar-refractivity contribution in [1.29, 1.82) is 0 Å². The summed E-state index contributed by atoms with van der Waals surface area (Å²) in [6.45, 7) is 7.14. The van der Waals surface area contributed by atoms with Crippen LogP contribution in [0.3, 0.4) is 0 Å². The summed E-state index contributed by atoms with van der Waals surface area (Å²) in [4.78, 5) is 4.78. The molecular formula is C16H25ClN2O. The molecule has 4 heteroatoms. The van der Waals surface area contributed by atoms with Crippen LogP contribution in [0.1, 0.15) is 18.9 Å². The van der Waals surface area contributed by atoms with Crippen molar-refractivity contribution in [2.24, 2.45) is 5.92 Å². The van der Waals surface area contributed by atoms with E-state index >= 15 is 0 Å². The molecule has 0 N–H and O–H groups in total. The Hall–Kier alpha value is -0.770. The molecule has 0 bridgehead atoms. The maximum atomic E-state index is 6.12. The number of benzene rings is 1. The third-order valence-electron chi connectivity index (χ3n) is 3.71. The molecule has 1 aromatic carbocycles. The zero-order valence-electron chi connectivity index (χ0n) is 12.7. The van der Waals surface area contributed by atoms with E-state index in [1.54, 1.807) is 0 Å². The molecule has 0 amide bonds. The lowest BCUT2D eigenvalue weighted by molar-refractivity contribution is 0.278. The number of hydrogen-bond acceptors (Lipinski definition) is 3. The second-order valence-corrected chi connectivity index (χ2v) is 6.27. The van der Waals surface area contributed by atoms with Crippen LogP contribution in [-0.4, -0.2) is 50.1 Å². The summed E-state index contributed by atoms with van der Waals surface area (Å²) in [6, 6.07) is 5.91. The fourth-order valence-corrected chi connectivity index (χ4v) is 3.13. The Bertz CT molecular complexity index is 436. The molecule has 0 aliphatic carbocycles. The standard InChI is InChI=1S/C16H25ClN2O/c1-4-20-16-6-5-15(17)9-14(16)12-19-8-7-13(11-19)10-18(2)3/h5-6,9,13H,4,7-8,10-12H2,1-3H3/t13-/m0/s1. The Balaban J connectivity index is 1.98. The van der Waals surface area contributed by atoms with Gasteiger partial charge in [0.15, 0.2) is 0 Å². The minimum absolute atomic E-state index is 0.692. The first-order valence-corrected chi connectivity index (χ1v) is 7.74. The van der Waals surface area contributed by atoms with Gasteiger partial charge in [0.05, 0.1) is 6.61 Å². The van der Waals surface area contributed by atoms with E-state index in [9.17, 15) is 0 Å². The maximum absolute atomic E-state index is 6.12. The zero-order valence-corrected chi connectivity index (χ0v) is 13.5. The molecule has 3 nitrogen and oxygen atoms in total. The Labute approximate surface area is 127 Å². The van der Waals surface area contributed by atoms with Crippen LogP contribution in [0.25, 0.3) is 0 Å². The van der Waals surface area contributed by atoms with Crippen LogP contribution in [0, 0.1) is 5.92 Å². The van der Waals surface area contributed by atoms with Crippen LogP contribution in [-0.2, 0) is 6.54 Å². The fourth-order valence-electron chi connectivity index (χ4n) is 2.93. The minimum atomic E-state index is 0.692. The lowest BCUT2D eigenvalue weighted by atomic mass is 10.1. The first-order chi connectivity index (χ1) is 9.58. The molecule has 0 unspecified atom stereocenters. The summed E-state index contributed by atoms with van der Waals surface area (Å²) in [5.41, 5.74) is 1.20. The predicted molar refractivity (Wildman–Crippen MR) is 84.6 cm³/mol. The van der Waals surface area contributed by atoms with Crippen molar-refractivity contribution >= 4 is 11.6 Å². The van der Waals surface area contributed by atoms with Crippen LogP contribution in [0.2, 0.25) is 5.02 Å². The van der Waals surface area contributed by atoms with E-state index in [4.69, 9.17) is 16.3 Å². The molecule has 1 aliphatic rings. The molecule has 1 heterocycles. The Morgan fingerprint density at radius 1 is 1.40 bits per heavy atom. The highest BCUT2D eigenvalue weighted by Crippen LogP contribution is 2.27.